The van der Waals surface area contributed by atoms with Crippen molar-refractivity contribution in [1.29, 1.82) is 0 Å². The van der Waals surface area contributed by atoms with Crippen molar-refractivity contribution in [2.75, 3.05) is 7.11 Å². The molecule has 0 aliphatic carbocycles. The third-order valence-electron chi connectivity index (χ3n) is 2.22. The summed E-state index contributed by atoms with van der Waals surface area (Å²) in [6.45, 7) is 0. The van der Waals surface area contributed by atoms with Crippen molar-refractivity contribution < 1.29 is 9.66 Å². The number of nitro groups is 1. The Bertz CT molecular complexity index is 571. The van der Waals surface area contributed by atoms with E-state index in [1.54, 1.807) is 12.1 Å². The number of methoxy groups -OCH3 is 1. The van der Waals surface area contributed by atoms with Gasteiger partial charge in [0.25, 0.3) is 5.69 Å². The molecule has 0 amide bonds. The van der Waals surface area contributed by atoms with E-state index in [4.69, 9.17) is 4.74 Å². The highest BCUT2D eigenvalue weighted by molar-refractivity contribution is 7.80. The Balaban J connectivity index is 2.90. The number of hydrogen-bond donors (Lipinski definition) is 1. The highest BCUT2D eigenvalue weighted by Gasteiger charge is 2.18. The van der Waals surface area contributed by atoms with Crippen molar-refractivity contribution in [3.8, 4) is 5.75 Å². The number of benzene rings is 1. The van der Waals surface area contributed by atoms with Gasteiger partial charge >= 0.3 is 0 Å². The first-order valence-electron chi connectivity index (χ1n) is 4.44. The minimum atomic E-state index is -0.481. The van der Waals surface area contributed by atoms with Gasteiger partial charge in [0.2, 0.25) is 0 Å². The van der Waals surface area contributed by atoms with E-state index in [2.05, 4.69) is 17.6 Å². The number of hydrogen-bond acceptors (Lipinski definition) is 5. The van der Waals surface area contributed by atoms with E-state index in [-0.39, 0.29) is 5.69 Å². The van der Waals surface area contributed by atoms with Crippen LogP contribution in [0.3, 0.4) is 0 Å². The average Bonchev–Trinajstić information content (AvgIpc) is 2.29. The van der Waals surface area contributed by atoms with Crippen molar-refractivity contribution in [1.82, 2.24) is 4.98 Å². The molecule has 82 valence electrons. The Morgan fingerprint density at radius 2 is 2.31 bits per heavy atom. The van der Waals surface area contributed by atoms with Gasteiger partial charge in [-0.05, 0) is 12.1 Å². The Kier molecular flexibility index (Phi) is 2.66. The summed E-state index contributed by atoms with van der Waals surface area (Å²) in [5.74, 6) is 0.371. The molecule has 2 rings (SSSR count). The smallest absolute Gasteiger partial charge is 0.299 e. The fraction of sp³-hybridized carbons (Fsp3) is 0.100. The number of non-ortho nitro benzene ring substituents is 1. The number of pyridine rings is 1. The van der Waals surface area contributed by atoms with Crippen LogP contribution >= 0.6 is 12.6 Å². The van der Waals surface area contributed by atoms with Gasteiger partial charge in [0, 0.05) is 11.6 Å². The van der Waals surface area contributed by atoms with E-state index in [1.807, 2.05) is 0 Å². The lowest BCUT2D eigenvalue weighted by Crippen LogP contribution is -1.95. The molecule has 0 saturated carbocycles. The van der Waals surface area contributed by atoms with Crippen LogP contribution in [0.1, 0.15) is 0 Å². The molecule has 0 aliphatic heterocycles. The van der Waals surface area contributed by atoms with Crippen LogP contribution in [0.2, 0.25) is 0 Å². The van der Waals surface area contributed by atoms with Crippen LogP contribution in [0, 0.1) is 10.1 Å². The summed E-state index contributed by atoms with van der Waals surface area (Å²) in [7, 11) is 1.45. The normalized spacial score (nSPS) is 10.4. The Hall–Kier alpha value is -1.82. The van der Waals surface area contributed by atoms with Crippen LogP contribution in [0.15, 0.2) is 29.3 Å². The number of fused-ring (bicyclic) bond motifs is 1. The third kappa shape index (κ3) is 1.57. The van der Waals surface area contributed by atoms with Gasteiger partial charge in [-0.2, -0.15) is 0 Å². The number of aromatic nitrogens is 1. The highest BCUT2D eigenvalue weighted by atomic mass is 32.1. The predicted molar refractivity (Wildman–Crippen MR) is 62.2 cm³/mol. The molecule has 0 saturated heterocycles. The summed E-state index contributed by atoms with van der Waals surface area (Å²) in [4.78, 5) is 14.9. The molecular weight excluding hydrogens is 228 g/mol. The van der Waals surface area contributed by atoms with Crippen LogP contribution < -0.4 is 4.74 Å². The maximum absolute atomic E-state index is 10.9. The molecule has 0 atom stereocenters. The van der Waals surface area contributed by atoms with Gasteiger partial charge in [-0.25, -0.2) is 4.98 Å². The lowest BCUT2D eigenvalue weighted by Gasteiger charge is -2.07. The van der Waals surface area contributed by atoms with E-state index in [0.717, 1.165) is 0 Å². The summed E-state index contributed by atoms with van der Waals surface area (Å²) >= 11 is 4.27. The third-order valence-corrected chi connectivity index (χ3v) is 2.68. The summed E-state index contributed by atoms with van der Waals surface area (Å²) in [5.41, 5.74) is 0.239. The first-order valence-corrected chi connectivity index (χ1v) is 4.89. The molecule has 0 fully saturated rings. The first-order chi connectivity index (χ1) is 7.65. The Morgan fingerprint density at radius 1 is 1.56 bits per heavy atom. The van der Waals surface area contributed by atoms with Gasteiger partial charge < -0.3 is 4.74 Å². The minimum Gasteiger partial charge on any atom is -0.495 e. The SMILES string of the molecule is COc1cc([N+](=O)[O-])c2ncccc2c1S. The largest absolute Gasteiger partial charge is 0.495 e. The van der Waals surface area contributed by atoms with Crippen molar-refractivity contribution in [3.05, 3.63) is 34.5 Å². The fourth-order valence-electron chi connectivity index (χ4n) is 1.49. The average molecular weight is 236 g/mol. The topological polar surface area (TPSA) is 65.3 Å². The number of nitrogens with zero attached hydrogens (tertiary/aromatic N) is 2. The lowest BCUT2D eigenvalue weighted by molar-refractivity contribution is -0.383. The molecule has 16 heavy (non-hydrogen) atoms. The predicted octanol–water partition coefficient (Wildman–Crippen LogP) is 2.44. The van der Waals surface area contributed by atoms with E-state index < -0.39 is 4.92 Å². The quantitative estimate of drug-likeness (QED) is 0.494. The standard InChI is InChI=1S/C10H8N2O3S/c1-15-8-5-7(12(13)14)9-6(10(8)16)3-2-4-11-9/h2-5,16H,1H3. The van der Waals surface area contributed by atoms with E-state index >= 15 is 0 Å². The highest BCUT2D eigenvalue weighted by Crippen LogP contribution is 2.36. The lowest BCUT2D eigenvalue weighted by atomic mass is 10.2. The van der Waals surface area contributed by atoms with Gasteiger partial charge in [-0.3, -0.25) is 10.1 Å². The maximum Gasteiger partial charge on any atom is 0.299 e. The van der Waals surface area contributed by atoms with Gasteiger partial charge in [0.1, 0.15) is 11.3 Å². The van der Waals surface area contributed by atoms with Crippen molar-refractivity contribution in [3.63, 3.8) is 0 Å². The minimum absolute atomic E-state index is 0.0785. The van der Waals surface area contributed by atoms with E-state index in [0.29, 0.717) is 21.5 Å². The second-order valence-electron chi connectivity index (χ2n) is 3.10. The van der Waals surface area contributed by atoms with Gasteiger partial charge in [-0.15, -0.1) is 12.6 Å². The molecule has 1 heterocycles. The molecule has 0 radical (unpaired) electrons. The van der Waals surface area contributed by atoms with Crippen molar-refractivity contribution >= 4 is 29.2 Å². The van der Waals surface area contributed by atoms with Crippen LogP contribution in [0.25, 0.3) is 10.9 Å². The van der Waals surface area contributed by atoms with Crippen molar-refractivity contribution in [2.45, 2.75) is 4.90 Å². The van der Waals surface area contributed by atoms with Crippen LogP contribution in [0.4, 0.5) is 5.69 Å². The number of thiol groups is 1. The fourth-order valence-corrected chi connectivity index (χ4v) is 1.83. The summed E-state index contributed by atoms with van der Waals surface area (Å²) in [6.07, 6.45) is 1.51. The van der Waals surface area contributed by atoms with Crippen LogP contribution in [0.5, 0.6) is 5.75 Å². The van der Waals surface area contributed by atoms with Gasteiger partial charge in [-0.1, -0.05) is 0 Å². The summed E-state index contributed by atoms with van der Waals surface area (Å²) in [6, 6.07) is 4.75. The molecule has 1 aromatic carbocycles. The van der Waals surface area contributed by atoms with E-state index in [9.17, 15) is 10.1 Å². The van der Waals surface area contributed by atoms with E-state index in [1.165, 1.54) is 19.4 Å². The van der Waals surface area contributed by atoms with Crippen LogP contribution in [-0.2, 0) is 0 Å². The molecule has 5 nitrogen and oxygen atoms in total. The van der Waals surface area contributed by atoms with Gasteiger partial charge in [0.05, 0.1) is 23.0 Å². The monoisotopic (exact) mass is 236 g/mol. The Labute approximate surface area is 96.6 Å². The van der Waals surface area contributed by atoms with Gasteiger partial charge in [0.15, 0.2) is 0 Å². The number of nitro benzene ring substituents is 1. The molecular formula is C10H8N2O3S. The molecule has 0 spiro atoms. The molecule has 6 heteroatoms. The van der Waals surface area contributed by atoms with Crippen molar-refractivity contribution in [2.24, 2.45) is 0 Å². The zero-order valence-corrected chi connectivity index (χ0v) is 9.27. The maximum atomic E-state index is 10.9. The zero-order chi connectivity index (χ0) is 11.7. The number of ether oxygens (including phenoxy) is 1. The summed E-state index contributed by atoms with van der Waals surface area (Å²) < 4.78 is 5.04. The molecule has 1 aromatic heterocycles. The Morgan fingerprint density at radius 3 is 2.94 bits per heavy atom. The zero-order valence-electron chi connectivity index (χ0n) is 8.38. The molecule has 0 N–H and O–H groups in total. The first kappa shape index (κ1) is 10.7. The molecule has 0 aliphatic rings. The summed E-state index contributed by atoms with van der Waals surface area (Å²) in [5, 5.41) is 11.5. The van der Waals surface area contributed by atoms with Crippen LogP contribution in [-0.4, -0.2) is 17.0 Å². The molecule has 2 aromatic rings. The number of rotatable bonds is 2. The molecule has 0 unspecified atom stereocenters. The second-order valence-corrected chi connectivity index (χ2v) is 3.55. The second kappa shape index (κ2) is 3.97. The molecule has 0 bridgehead atoms.